The smallest absolute Gasteiger partial charge is 0.191 e. The fraction of sp³-hybridized carbons (Fsp3) is 0.650. The zero-order chi connectivity index (χ0) is 18.9. The third kappa shape index (κ3) is 8.07. The number of guanidine groups is 1. The summed E-state index contributed by atoms with van der Waals surface area (Å²) in [5, 5.41) is 7.31. The van der Waals surface area contributed by atoms with Gasteiger partial charge in [0.2, 0.25) is 0 Å². The summed E-state index contributed by atoms with van der Waals surface area (Å²) in [6, 6.07) is 8.87. The maximum Gasteiger partial charge on any atom is 0.191 e. The van der Waals surface area contributed by atoms with E-state index in [1.165, 1.54) is 11.1 Å². The quantitative estimate of drug-likeness (QED) is 0.339. The Balaban J connectivity index is 0.00000364. The van der Waals surface area contributed by atoms with E-state index in [1.54, 1.807) is 0 Å². The highest BCUT2D eigenvalue weighted by Crippen LogP contribution is 2.23. The molecular formula is C20H35IN4OS. The van der Waals surface area contributed by atoms with Gasteiger partial charge in [0.05, 0.1) is 0 Å². The third-order valence-corrected chi connectivity index (χ3v) is 6.64. The lowest BCUT2D eigenvalue weighted by atomic mass is 9.95. The van der Waals surface area contributed by atoms with Crippen LogP contribution < -0.4 is 10.6 Å². The first kappa shape index (κ1) is 24.4. The number of hydrogen-bond donors (Lipinski definition) is 2. The van der Waals surface area contributed by atoms with Crippen molar-refractivity contribution in [2.24, 2.45) is 4.99 Å². The van der Waals surface area contributed by atoms with Crippen molar-refractivity contribution in [3.8, 4) is 0 Å². The van der Waals surface area contributed by atoms with Crippen LogP contribution in [0.4, 0.5) is 0 Å². The number of benzene rings is 1. The zero-order valence-electron chi connectivity index (χ0n) is 17.0. The normalized spacial score (nSPS) is 21.4. The van der Waals surface area contributed by atoms with E-state index in [-0.39, 0.29) is 24.0 Å². The highest BCUT2D eigenvalue weighted by Gasteiger charge is 2.26. The molecule has 1 aliphatic carbocycles. The minimum Gasteiger partial charge on any atom is -0.354 e. The average molecular weight is 506 g/mol. The minimum absolute atomic E-state index is 0. The predicted octanol–water partition coefficient (Wildman–Crippen LogP) is 3.11. The van der Waals surface area contributed by atoms with Gasteiger partial charge in [-0.2, -0.15) is 0 Å². The first-order valence-electron chi connectivity index (χ1n) is 9.59. The van der Waals surface area contributed by atoms with E-state index in [2.05, 4.69) is 58.9 Å². The summed E-state index contributed by atoms with van der Waals surface area (Å²) in [5.41, 5.74) is 2.62. The number of nitrogens with one attached hydrogen (secondary N) is 2. The fourth-order valence-electron chi connectivity index (χ4n) is 3.54. The third-order valence-electron chi connectivity index (χ3n) is 4.90. The molecule has 1 saturated carbocycles. The van der Waals surface area contributed by atoms with Gasteiger partial charge in [-0.15, -0.1) is 24.0 Å². The van der Waals surface area contributed by atoms with Crippen LogP contribution in [0.1, 0.15) is 43.7 Å². The standard InChI is InChI=1S/C20H34N4OS.HI/c1-5-26(25)19-12-8-11-18(13-19)23-20(21-2)22-14-16-9-6-7-10-17(16)15-24(3)4;/h6-7,9-10,18-19H,5,8,11-15H2,1-4H3,(H2,21,22,23);1H. The molecule has 27 heavy (non-hydrogen) atoms. The Hall–Kier alpha value is -0.670. The average Bonchev–Trinajstić information content (AvgIpc) is 2.65. The van der Waals surface area contributed by atoms with Crippen LogP contribution in [-0.2, 0) is 23.9 Å². The molecular weight excluding hydrogens is 471 g/mol. The summed E-state index contributed by atoms with van der Waals surface area (Å²) in [7, 11) is 5.29. The summed E-state index contributed by atoms with van der Waals surface area (Å²) in [6.45, 7) is 3.69. The molecule has 1 aromatic carbocycles. The minimum atomic E-state index is -0.698. The molecule has 3 atom stereocenters. The van der Waals surface area contributed by atoms with Gasteiger partial charge in [0, 0.05) is 48.0 Å². The highest BCUT2D eigenvalue weighted by atomic mass is 127. The van der Waals surface area contributed by atoms with Crippen LogP contribution in [0.3, 0.4) is 0 Å². The van der Waals surface area contributed by atoms with Crippen LogP contribution in [0.25, 0.3) is 0 Å². The number of nitrogens with zero attached hydrogens (tertiary/aromatic N) is 2. The molecule has 0 amide bonds. The Morgan fingerprint density at radius 1 is 1.26 bits per heavy atom. The predicted molar refractivity (Wildman–Crippen MR) is 127 cm³/mol. The Morgan fingerprint density at radius 2 is 1.96 bits per heavy atom. The fourth-order valence-corrected chi connectivity index (χ4v) is 4.89. The molecule has 0 spiro atoms. The molecule has 7 heteroatoms. The highest BCUT2D eigenvalue weighted by molar-refractivity contribution is 14.0. The molecule has 1 aromatic rings. The maximum atomic E-state index is 12.1. The molecule has 0 saturated heterocycles. The van der Waals surface area contributed by atoms with Crippen molar-refractivity contribution in [3.05, 3.63) is 35.4 Å². The molecule has 2 rings (SSSR count). The monoisotopic (exact) mass is 506 g/mol. The molecule has 1 fully saturated rings. The van der Waals surface area contributed by atoms with Gasteiger partial charge in [0.1, 0.15) is 0 Å². The van der Waals surface area contributed by atoms with E-state index in [0.717, 1.165) is 50.5 Å². The Morgan fingerprint density at radius 3 is 2.59 bits per heavy atom. The zero-order valence-corrected chi connectivity index (χ0v) is 20.2. The van der Waals surface area contributed by atoms with E-state index in [9.17, 15) is 4.21 Å². The van der Waals surface area contributed by atoms with Gasteiger partial charge < -0.3 is 15.5 Å². The molecule has 154 valence electrons. The van der Waals surface area contributed by atoms with Crippen LogP contribution in [-0.4, -0.2) is 53.3 Å². The van der Waals surface area contributed by atoms with Gasteiger partial charge >= 0.3 is 0 Å². The summed E-state index contributed by atoms with van der Waals surface area (Å²) >= 11 is 0. The van der Waals surface area contributed by atoms with Crippen molar-refractivity contribution >= 4 is 40.7 Å². The largest absolute Gasteiger partial charge is 0.354 e. The van der Waals surface area contributed by atoms with Crippen LogP contribution in [0.15, 0.2) is 29.3 Å². The Labute approximate surface area is 184 Å². The number of rotatable bonds is 7. The lowest BCUT2D eigenvalue weighted by molar-refractivity contribution is 0.400. The molecule has 3 unspecified atom stereocenters. The van der Waals surface area contributed by atoms with E-state index in [0.29, 0.717) is 11.3 Å². The summed E-state index contributed by atoms with van der Waals surface area (Å²) in [5.74, 6) is 1.59. The summed E-state index contributed by atoms with van der Waals surface area (Å²) < 4.78 is 12.1. The Bertz CT molecular complexity index is 624. The first-order chi connectivity index (χ1) is 12.5. The second-order valence-corrected chi connectivity index (χ2v) is 9.24. The molecule has 1 aliphatic rings. The summed E-state index contributed by atoms with van der Waals surface area (Å²) in [6.07, 6.45) is 4.31. The van der Waals surface area contributed by atoms with Gasteiger partial charge in [0.25, 0.3) is 0 Å². The molecule has 0 radical (unpaired) electrons. The van der Waals surface area contributed by atoms with Gasteiger partial charge in [-0.3, -0.25) is 9.20 Å². The molecule has 0 aliphatic heterocycles. The molecule has 0 bridgehead atoms. The van der Waals surface area contributed by atoms with Gasteiger partial charge in [-0.05, 0) is 44.5 Å². The number of halogens is 1. The SMILES string of the molecule is CCS(=O)C1CCCC(NC(=NC)NCc2ccccc2CN(C)C)C1.I. The van der Waals surface area contributed by atoms with Gasteiger partial charge in [-0.1, -0.05) is 37.6 Å². The van der Waals surface area contributed by atoms with E-state index >= 15 is 0 Å². The van der Waals surface area contributed by atoms with Crippen LogP contribution >= 0.6 is 24.0 Å². The van der Waals surface area contributed by atoms with Crippen LogP contribution in [0, 0.1) is 0 Å². The van der Waals surface area contributed by atoms with Gasteiger partial charge in [-0.25, -0.2) is 0 Å². The number of aliphatic imine (C=N–C) groups is 1. The van der Waals surface area contributed by atoms with Crippen molar-refractivity contribution in [2.45, 2.75) is 57.0 Å². The molecule has 5 nitrogen and oxygen atoms in total. The number of hydrogen-bond acceptors (Lipinski definition) is 3. The second-order valence-electron chi connectivity index (χ2n) is 7.23. The van der Waals surface area contributed by atoms with E-state index in [4.69, 9.17) is 0 Å². The lowest BCUT2D eigenvalue weighted by Crippen LogP contribution is -2.46. The summed E-state index contributed by atoms with van der Waals surface area (Å²) in [4.78, 5) is 6.57. The van der Waals surface area contributed by atoms with Gasteiger partial charge in [0.15, 0.2) is 5.96 Å². The second kappa shape index (κ2) is 12.7. The molecule has 2 N–H and O–H groups in total. The molecule has 0 aromatic heterocycles. The lowest BCUT2D eigenvalue weighted by Gasteiger charge is -2.30. The van der Waals surface area contributed by atoms with Crippen molar-refractivity contribution in [1.82, 2.24) is 15.5 Å². The van der Waals surface area contributed by atoms with E-state index in [1.807, 2.05) is 14.0 Å². The van der Waals surface area contributed by atoms with E-state index < -0.39 is 10.8 Å². The molecule has 0 heterocycles. The first-order valence-corrected chi connectivity index (χ1v) is 11.0. The Kier molecular flexibility index (Phi) is 11.5. The van der Waals surface area contributed by atoms with Crippen molar-refractivity contribution in [3.63, 3.8) is 0 Å². The van der Waals surface area contributed by atoms with Crippen molar-refractivity contribution < 1.29 is 4.21 Å². The maximum absolute atomic E-state index is 12.1. The van der Waals surface area contributed by atoms with Crippen LogP contribution in [0.2, 0.25) is 0 Å². The topological polar surface area (TPSA) is 56.7 Å². The van der Waals surface area contributed by atoms with Crippen molar-refractivity contribution in [2.75, 3.05) is 26.9 Å². The van der Waals surface area contributed by atoms with Crippen LogP contribution in [0.5, 0.6) is 0 Å². The van der Waals surface area contributed by atoms with Crippen molar-refractivity contribution in [1.29, 1.82) is 0 Å².